The minimum absolute atomic E-state index is 0.301. The van der Waals surface area contributed by atoms with Crippen LogP contribution in [-0.4, -0.2) is 24.2 Å². The molecule has 4 aromatic rings. The lowest BCUT2D eigenvalue weighted by molar-refractivity contribution is 0.331. The standard InChI is InChI=1S/C30H28F2N4O/c1-19-23-15-25(32)27(35(4)5)16-26(23)36(17-20-11-13-22(31)14-12-20)18-24(19)28-33-29(37-34-28)30(2,3)21-9-7-6-8-10-21/h6-16,18H,1,17H2,2-5H3. The van der Waals surface area contributed by atoms with Gasteiger partial charge in [0.2, 0.25) is 11.7 Å². The van der Waals surface area contributed by atoms with Crippen LogP contribution < -0.4 is 9.80 Å². The molecule has 0 amide bonds. The van der Waals surface area contributed by atoms with Crippen molar-refractivity contribution < 1.29 is 13.3 Å². The van der Waals surface area contributed by atoms with E-state index in [1.165, 1.54) is 18.2 Å². The van der Waals surface area contributed by atoms with Gasteiger partial charge in [0.1, 0.15) is 11.6 Å². The van der Waals surface area contributed by atoms with Crippen molar-refractivity contribution in [3.05, 3.63) is 120 Å². The summed E-state index contributed by atoms with van der Waals surface area (Å²) in [6, 6.07) is 19.6. The van der Waals surface area contributed by atoms with E-state index in [1.54, 1.807) is 37.2 Å². The van der Waals surface area contributed by atoms with Gasteiger partial charge >= 0.3 is 0 Å². The van der Waals surface area contributed by atoms with Gasteiger partial charge in [0.05, 0.1) is 16.8 Å². The molecule has 0 radical (unpaired) electrons. The number of nitrogens with zero attached hydrogens (tertiary/aromatic N) is 4. The molecule has 188 valence electrons. The Morgan fingerprint density at radius 2 is 1.70 bits per heavy atom. The second kappa shape index (κ2) is 9.32. The Balaban J connectivity index is 1.59. The molecule has 2 heterocycles. The summed E-state index contributed by atoms with van der Waals surface area (Å²) < 4.78 is 34.3. The zero-order valence-electron chi connectivity index (χ0n) is 21.3. The fourth-order valence-electron chi connectivity index (χ4n) is 4.50. The molecule has 0 saturated carbocycles. The second-order valence-corrected chi connectivity index (χ2v) is 9.91. The third-order valence-corrected chi connectivity index (χ3v) is 6.75. The van der Waals surface area contributed by atoms with E-state index < -0.39 is 5.41 Å². The number of benzene rings is 3. The molecule has 0 unspecified atom stereocenters. The predicted octanol–water partition coefficient (Wildman–Crippen LogP) is 6.81. The SMILES string of the molecule is C=C1C(c2noc(C(C)(C)c3ccccc3)n2)=CN(Cc2ccc(F)cc2)c2cc(N(C)C)c(F)cc21. The summed E-state index contributed by atoms with van der Waals surface area (Å²) in [4.78, 5) is 8.45. The van der Waals surface area contributed by atoms with Crippen LogP contribution in [0.3, 0.4) is 0 Å². The third kappa shape index (κ3) is 4.53. The van der Waals surface area contributed by atoms with Gasteiger partial charge in [0.25, 0.3) is 0 Å². The van der Waals surface area contributed by atoms with E-state index in [9.17, 15) is 4.39 Å². The summed E-state index contributed by atoms with van der Waals surface area (Å²) in [6.07, 6.45) is 1.90. The molecule has 0 N–H and O–H groups in total. The number of halogens is 2. The number of hydrogen-bond acceptors (Lipinski definition) is 5. The van der Waals surface area contributed by atoms with Crippen LogP contribution in [0.5, 0.6) is 0 Å². The molecule has 0 fully saturated rings. The Kier molecular flexibility index (Phi) is 6.15. The molecule has 0 atom stereocenters. The molecule has 1 aromatic heterocycles. The van der Waals surface area contributed by atoms with Crippen LogP contribution in [0.4, 0.5) is 20.2 Å². The second-order valence-electron chi connectivity index (χ2n) is 9.91. The van der Waals surface area contributed by atoms with Crippen molar-refractivity contribution in [3.8, 4) is 0 Å². The van der Waals surface area contributed by atoms with Gasteiger partial charge in [0, 0.05) is 38.0 Å². The van der Waals surface area contributed by atoms with Crippen LogP contribution in [0.25, 0.3) is 11.1 Å². The molecular formula is C30H28F2N4O. The van der Waals surface area contributed by atoms with E-state index in [-0.39, 0.29) is 11.6 Å². The monoisotopic (exact) mass is 498 g/mol. The topological polar surface area (TPSA) is 45.4 Å². The van der Waals surface area contributed by atoms with Gasteiger partial charge < -0.3 is 14.3 Å². The normalized spacial score (nSPS) is 13.4. The first-order valence-electron chi connectivity index (χ1n) is 12.0. The van der Waals surface area contributed by atoms with Gasteiger partial charge in [-0.25, -0.2) is 8.78 Å². The number of fused-ring (bicyclic) bond motifs is 1. The first kappa shape index (κ1) is 24.4. The lowest BCUT2D eigenvalue weighted by atomic mass is 9.84. The van der Waals surface area contributed by atoms with Crippen molar-refractivity contribution in [1.29, 1.82) is 0 Å². The maximum Gasteiger partial charge on any atom is 0.237 e. The molecule has 1 aliphatic rings. The molecule has 7 heteroatoms. The lowest BCUT2D eigenvalue weighted by Crippen LogP contribution is -2.23. The van der Waals surface area contributed by atoms with E-state index in [1.807, 2.05) is 55.3 Å². The fourth-order valence-corrected chi connectivity index (χ4v) is 4.50. The highest BCUT2D eigenvalue weighted by atomic mass is 19.1. The van der Waals surface area contributed by atoms with Gasteiger partial charge in [-0.1, -0.05) is 54.2 Å². The Labute approximate surface area is 215 Å². The molecular weight excluding hydrogens is 470 g/mol. The fraction of sp³-hybridized carbons (Fsp3) is 0.200. The summed E-state index contributed by atoms with van der Waals surface area (Å²) in [5.74, 6) is 0.180. The average molecular weight is 499 g/mol. The summed E-state index contributed by atoms with van der Waals surface area (Å²) in [6.45, 7) is 8.75. The average Bonchev–Trinajstić information content (AvgIpc) is 3.38. The van der Waals surface area contributed by atoms with E-state index in [0.717, 1.165) is 16.8 Å². The Bertz CT molecular complexity index is 1490. The number of anilines is 2. The molecule has 0 spiro atoms. The molecule has 0 bridgehead atoms. The van der Waals surface area contributed by atoms with Gasteiger partial charge in [0.15, 0.2) is 0 Å². The van der Waals surface area contributed by atoms with E-state index in [4.69, 9.17) is 9.51 Å². The molecule has 1 aliphatic heterocycles. The highest BCUT2D eigenvalue weighted by Gasteiger charge is 2.32. The quantitative estimate of drug-likeness (QED) is 0.292. The van der Waals surface area contributed by atoms with E-state index in [0.29, 0.717) is 40.7 Å². The zero-order chi connectivity index (χ0) is 26.3. The van der Waals surface area contributed by atoms with Crippen LogP contribution in [0.1, 0.15) is 42.3 Å². The molecule has 5 nitrogen and oxygen atoms in total. The van der Waals surface area contributed by atoms with Crippen molar-refractivity contribution in [3.63, 3.8) is 0 Å². The molecule has 0 aliphatic carbocycles. The van der Waals surface area contributed by atoms with Crippen LogP contribution in [0.15, 0.2) is 84.0 Å². The lowest BCUT2D eigenvalue weighted by Gasteiger charge is -2.31. The highest BCUT2D eigenvalue weighted by molar-refractivity contribution is 6.08. The van der Waals surface area contributed by atoms with Crippen LogP contribution >= 0.6 is 0 Å². The van der Waals surface area contributed by atoms with Gasteiger partial charge in [-0.2, -0.15) is 4.98 Å². The number of rotatable bonds is 6. The van der Waals surface area contributed by atoms with Crippen molar-refractivity contribution in [2.45, 2.75) is 25.8 Å². The van der Waals surface area contributed by atoms with Crippen molar-refractivity contribution in [2.75, 3.05) is 23.9 Å². The first-order valence-corrected chi connectivity index (χ1v) is 12.0. The third-order valence-electron chi connectivity index (χ3n) is 6.75. The van der Waals surface area contributed by atoms with E-state index in [2.05, 4.69) is 11.7 Å². The van der Waals surface area contributed by atoms with Crippen LogP contribution in [0.2, 0.25) is 0 Å². The Hall–Kier alpha value is -4.26. The van der Waals surface area contributed by atoms with E-state index >= 15 is 4.39 Å². The summed E-state index contributed by atoms with van der Waals surface area (Å²) >= 11 is 0. The maximum absolute atomic E-state index is 15.1. The summed E-state index contributed by atoms with van der Waals surface area (Å²) in [7, 11) is 3.59. The van der Waals surface area contributed by atoms with Crippen molar-refractivity contribution in [1.82, 2.24) is 10.1 Å². The van der Waals surface area contributed by atoms with Gasteiger partial charge in [-0.05, 0) is 54.8 Å². The summed E-state index contributed by atoms with van der Waals surface area (Å²) in [5.41, 5.74) is 4.53. The number of aromatic nitrogens is 2. The smallest absolute Gasteiger partial charge is 0.237 e. The van der Waals surface area contributed by atoms with Crippen LogP contribution in [-0.2, 0) is 12.0 Å². The number of hydrogen-bond donors (Lipinski definition) is 0. The predicted molar refractivity (Wildman–Crippen MR) is 143 cm³/mol. The Morgan fingerprint density at radius 1 is 1.00 bits per heavy atom. The maximum atomic E-state index is 15.1. The van der Waals surface area contributed by atoms with Gasteiger partial charge in [-0.15, -0.1) is 0 Å². The zero-order valence-corrected chi connectivity index (χ0v) is 21.3. The molecule has 3 aromatic carbocycles. The number of allylic oxidation sites excluding steroid dienone is 2. The molecule has 37 heavy (non-hydrogen) atoms. The largest absolute Gasteiger partial charge is 0.375 e. The minimum Gasteiger partial charge on any atom is -0.375 e. The Morgan fingerprint density at radius 3 is 2.38 bits per heavy atom. The molecule has 5 rings (SSSR count). The summed E-state index contributed by atoms with van der Waals surface area (Å²) in [5, 5.41) is 4.28. The first-order chi connectivity index (χ1) is 17.6. The minimum atomic E-state index is -0.512. The molecule has 0 saturated heterocycles. The van der Waals surface area contributed by atoms with Crippen LogP contribution in [0, 0.1) is 11.6 Å². The van der Waals surface area contributed by atoms with Crippen molar-refractivity contribution in [2.24, 2.45) is 0 Å². The highest BCUT2D eigenvalue weighted by Crippen LogP contribution is 2.43. The van der Waals surface area contributed by atoms with Gasteiger partial charge in [-0.3, -0.25) is 0 Å². The van der Waals surface area contributed by atoms with Crippen molar-refractivity contribution >= 4 is 22.5 Å².